The normalized spacial score (nSPS) is 20.8. The first kappa shape index (κ1) is 15.3. The van der Waals surface area contributed by atoms with Crippen LogP contribution >= 0.6 is 11.8 Å². The van der Waals surface area contributed by atoms with E-state index in [-0.39, 0.29) is 23.5 Å². The zero-order valence-corrected chi connectivity index (χ0v) is 12.9. The van der Waals surface area contributed by atoms with Crippen LogP contribution in [0.4, 0.5) is 0 Å². The molecule has 1 fully saturated rings. The maximum atomic E-state index is 11.7. The van der Waals surface area contributed by atoms with Crippen LogP contribution in [0.5, 0.6) is 0 Å². The van der Waals surface area contributed by atoms with Crippen LogP contribution in [-0.2, 0) is 4.79 Å². The van der Waals surface area contributed by atoms with Crippen molar-refractivity contribution in [3.05, 3.63) is 0 Å². The second-order valence-electron chi connectivity index (χ2n) is 5.82. The number of carbonyl (C=O) groups excluding carboxylic acids is 1. The minimum Gasteiger partial charge on any atom is -0.359 e. The topological polar surface area (TPSA) is 53.5 Å². The van der Waals surface area contributed by atoms with Crippen molar-refractivity contribution < 1.29 is 4.79 Å². The van der Waals surface area contributed by atoms with Gasteiger partial charge < -0.3 is 10.6 Å². The third kappa shape index (κ3) is 4.52. The summed E-state index contributed by atoms with van der Waals surface area (Å²) in [5.41, 5.74) is -0.0197. The maximum Gasteiger partial charge on any atom is 0.242 e. The van der Waals surface area contributed by atoms with Crippen LogP contribution in [0, 0.1) is 0 Å². The molecule has 0 aromatic heterocycles. The summed E-state index contributed by atoms with van der Waals surface area (Å²) >= 11 is 1.72. The SMILES string of the molecule is CCC1(CC)CSC(=NCC(=O)NC(C)(C)C)N1. The lowest BCUT2D eigenvalue weighted by Crippen LogP contribution is -2.43. The van der Waals surface area contributed by atoms with E-state index in [1.165, 1.54) is 0 Å². The average molecular weight is 271 g/mol. The fourth-order valence-electron chi connectivity index (χ4n) is 1.82. The molecule has 1 aliphatic heterocycles. The van der Waals surface area contributed by atoms with Gasteiger partial charge in [0.2, 0.25) is 5.91 Å². The van der Waals surface area contributed by atoms with Crippen LogP contribution in [-0.4, -0.2) is 34.5 Å². The summed E-state index contributed by atoms with van der Waals surface area (Å²) in [6, 6.07) is 0. The number of hydrogen-bond donors (Lipinski definition) is 2. The highest BCUT2D eigenvalue weighted by Gasteiger charge is 2.33. The summed E-state index contributed by atoms with van der Waals surface area (Å²) < 4.78 is 0. The van der Waals surface area contributed by atoms with Crippen LogP contribution in [0.2, 0.25) is 0 Å². The number of hydrogen-bond acceptors (Lipinski definition) is 3. The van der Waals surface area contributed by atoms with Gasteiger partial charge in [-0.25, -0.2) is 0 Å². The molecule has 1 saturated heterocycles. The van der Waals surface area contributed by atoms with Crippen molar-refractivity contribution >= 4 is 22.8 Å². The van der Waals surface area contributed by atoms with Crippen molar-refractivity contribution in [2.24, 2.45) is 4.99 Å². The van der Waals surface area contributed by atoms with Crippen LogP contribution in [0.3, 0.4) is 0 Å². The number of amidine groups is 1. The molecule has 2 N–H and O–H groups in total. The number of carbonyl (C=O) groups is 1. The number of amides is 1. The Morgan fingerprint density at radius 2 is 2.06 bits per heavy atom. The molecule has 18 heavy (non-hydrogen) atoms. The highest BCUT2D eigenvalue weighted by Crippen LogP contribution is 2.28. The Morgan fingerprint density at radius 3 is 2.50 bits per heavy atom. The molecular weight excluding hydrogens is 246 g/mol. The molecule has 1 rings (SSSR count). The highest BCUT2D eigenvalue weighted by molar-refractivity contribution is 8.14. The van der Waals surface area contributed by atoms with Gasteiger partial charge in [0.15, 0.2) is 5.17 Å². The first-order chi connectivity index (χ1) is 8.30. The van der Waals surface area contributed by atoms with Gasteiger partial charge in [0, 0.05) is 16.8 Å². The van der Waals surface area contributed by atoms with E-state index in [2.05, 4.69) is 29.5 Å². The Hall–Kier alpha value is -0.710. The molecule has 4 nitrogen and oxygen atoms in total. The maximum absolute atomic E-state index is 11.7. The molecule has 0 unspecified atom stereocenters. The van der Waals surface area contributed by atoms with Gasteiger partial charge in [0.05, 0.1) is 0 Å². The summed E-state index contributed by atoms with van der Waals surface area (Å²) in [5, 5.41) is 7.27. The number of nitrogens with zero attached hydrogens (tertiary/aromatic N) is 1. The van der Waals surface area contributed by atoms with Crippen LogP contribution in [0.1, 0.15) is 47.5 Å². The van der Waals surface area contributed by atoms with E-state index in [9.17, 15) is 4.79 Å². The average Bonchev–Trinajstić information content (AvgIpc) is 2.68. The van der Waals surface area contributed by atoms with Gasteiger partial charge in [-0.15, -0.1) is 0 Å². The molecule has 1 aliphatic rings. The quantitative estimate of drug-likeness (QED) is 0.824. The summed E-state index contributed by atoms with van der Waals surface area (Å²) in [6.07, 6.45) is 2.17. The molecule has 0 aromatic carbocycles. The summed E-state index contributed by atoms with van der Waals surface area (Å²) in [6.45, 7) is 10.5. The fourth-order valence-corrected chi connectivity index (χ4v) is 3.16. The van der Waals surface area contributed by atoms with Crippen molar-refractivity contribution in [3.8, 4) is 0 Å². The molecule has 0 spiro atoms. The lowest BCUT2D eigenvalue weighted by Gasteiger charge is -2.25. The Balaban J connectivity index is 2.48. The molecule has 0 aliphatic carbocycles. The lowest BCUT2D eigenvalue weighted by atomic mass is 9.96. The first-order valence-electron chi connectivity index (χ1n) is 6.57. The minimum absolute atomic E-state index is 0.0251. The Bertz CT molecular complexity index is 330. The molecule has 1 amide bonds. The molecule has 0 bridgehead atoms. The van der Waals surface area contributed by atoms with Gasteiger partial charge in [0.1, 0.15) is 6.54 Å². The van der Waals surface area contributed by atoms with Crippen LogP contribution in [0.25, 0.3) is 0 Å². The van der Waals surface area contributed by atoms with Crippen molar-refractivity contribution in [3.63, 3.8) is 0 Å². The van der Waals surface area contributed by atoms with Crippen molar-refractivity contribution in [1.29, 1.82) is 0 Å². The second-order valence-corrected chi connectivity index (χ2v) is 6.78. The molecule has 1 heterocycles. The molecule has 0 atom stereocenters. The minimum atomic E-state index is -0.190. The van der Waals surface area contributed by atoms with E-state index in [4.69, 9.17) is 0 Å². The van der Waals surface area contributed by atoms with Gasteiger partial charge in [0.25, 0.3) is 0 Å². The summed E-state index contributed by atoms with van der Waals surface area (Å²) in [7, 11) is 0. The van der Waals surface area contributed by atoms with Gasteiger partial charge >= 0.3 is 0 Å². The van der Waals surface area contributed by atoms with Gasteiger partial charge in [-0.2, -0.15) is 0 Å². The standard InChI is InChI=1S/C13H25N3OS/c1-6-13(7-2)9-18-11(16-13)14-8-10(17)15-12(3,4)5/h6-9H2,1-5H3,(H,14,16)(H,15,17). The zero-order valence-electron chi connectivity index (χ0n) is 12.1. The van der Waals surface area contributed by atoms with Gasteiger partial charge in [-0.05, 0) is 33.6 Å². The predicted octanol–water partition coefficient (Wildman–Crippen LogP) is 2.15. The van der Waals surface area contributed by atoms with E-state index >= 15 is 0 Å². The second kappa shape index (κ2) is 5.95. The van der Waals surface area contributed by atoms with E-state index in [0.29, 0.717) is 0 Å². The predicted molar refractivity (Wildman–Crippen MR) is 79.1 cm³/mol. The lowest BCUT2D eigenvalue weighted by molar-refractivity contribution is -0.121. The molecule has 0 aromatic rings. The largest absolute Gasteiger partial charge is 0.359 e. The molecule has 0 saturated carbocycles. The monoisotopic (exact) mass is 271 g/mol. The zero-order chi connectivity index (χ0) is 13.8. The van der Waals surface area contributed by atoms with E-state index in [1.54, 1.807) is 11.8 Å². The van der Waals surface area contributed by atoms with E-state index < -0.39 is 0 Å². The Kier molecular flexibility index (Phi) is 5.08. The molecular formula is C13H25N3OS. The van der Waals surface area contributed by atoms with Gasteiger partial charge in [-0.1, -0.05) is 25.6 Å². The highest BCUT2D eigenvalue weighted by atomic mass is 32.2. The fraction of sp³-hybridized carbons (Fsp3) is 0.846. The van der Waals surface area contributed by atoms with Crippen molar-refractivity contribution in [2.45, 2.75) is 58.5 Å². The Labute approximate surface area is 114 Å². The van der Waals surface area contributed by atoms with Crippen LogP contribution in [0.15, 0.2) is 4.99 Å². The number of rotatable bonds is 4. The number of nitrogens with one attached hydrogen (secondary N) is 2. The number of thioether (sulfide) groups is 1. The van der Waals surface area contributed by atoms with Crippen molar-refractivity contribution in [2.75, 3.05) is 12.3 Å². The third-order valence-electron chi connectivity index (χ3n) is 3.09. The smallest absolute Gasteiger partial charge is 0.242 e. The van der Waals surface area contributed by atoms with E-state index in [1.807, 2.05) is 20.8 Å². The molecule has 5 heteroatoms. The third-order valence-corrected chi connectivity index (χ3v) is 4.29. The van der Waals surface area contributed by atoms with Gasteiger partial charge in [-0.3, -0.25) is 9.79 Å². The van der Waals surface area contributed by atoms with Crippen LogP contribution < -0.4 is 10.6 Å². The molecule has 104 valence electrons. The Morgan fingerprint density at radius 1 is 1.44 bits per heavy atom. The molecule has 0 radical (unpaired) electrons. The number of aliphatic imine (C=N–C) groups is 1. The van der Waals surface area contributed by atoms with E-state index in [0.717, 1.165) is 23.8 Å². The first-order valence-corrected chi connectivity index (χ1v) is 7.55. The summed E-state index contributed by atoms with van der Waals surface area (Å²) in [5.74, 6) is 1.02. The van der Waals surface area contributed by atoms with Crippen molar-refractivity contribution in [1.82, 2.24) is 10.6 Å². The summed E-state index contributed by atoms with van der Waals surface area (Å²) in [4.78, 5) is 16.0.